The molecule has 1 amide bonds. The van der Waals surface area contributed by atoms with Crippen LogP contribution >= 0.6 is 7.60 Å². The first-order valence-electron chi connectivity index (χ1n) is 8.12. The van der Waals surface area contributed by atoms with E-state index < -0.39 is 18.7 Å². The van der Waals surface area contributed by atoms with Crippen LogP contribution in [0.25, 0.3) is 0 Å². The molecule has 0 aromatic rings. The quantitative estimate of drug-likeness (QED) is 0.687. The number of hydrogen-bond donors (Lipinski definition) is 2. The Morgan fingerprint density at radius 2 is 1.61 bits per heavy atom. The third kappa shape index (κ3) is 5.54. The summed E-state index contributed by atoms with van der Waals surface area (Å²) in [6, 6.07) is -0.104. The Labute approximate surface area is 139 Å². The van der Waals surface area contributed by atoms with Crippen molar-refractivity contribution in [3.8, 4) is 0 Å². The van der Waals surface area contributed by atoms with Crippen molar-refractivity contribution >= 4 is 13.5 Å². The van der Waals surface area contributed by atoms with Gasteiger partial charge in [0.25, 0.3) is 0 Å². The van der Waals surface area contributed by atoms with Crippen LogP contribution in [0.15, 0.2) is 0 Å². The molecule has 7 nitrogen and oxygen atoms in total. The average Bonchev–Trinajstić information content (AvgIpc) is 2.34. The van der Waals surface area contributed by atoms with E-state index in [1.165, 1.54) is 5.06 Å². The van der Waals surface area contributed by atoms with Crippen molar-refractivity contribution in [1.29, 1.82) is 0 Å². The van der Waals surface area contributed by atoms with E-state index in [2.05, 4.69) is 5.32 Å². The molecule has 1 aliphatic rings. The summed E-state index contributed by atoms with van der Waals surface area (Å²) in [6.07, 6.45) is 0.924. The molecule has 1 rings (SSSR count). The summed E-state index contributed by atoms with van der Waals surface area (Å²) in [5, 5.41) is 14.5. The summed E-state index contributed by atoms with van der Waals surface area (Å²) in [5.41, 5.74) is -0.910. The van der Waals surface area contributed by atoms with Gasteiger partial charge in [-0.05, 0) is 54.4 Å². The third-order valence-corrected chi connectivity index (χ3v) is 5.97. The smallest absolute Gasteiger partial charge is 0.340 e. The molecule has 0 bridgehead atoms. The highest BCUT2D eigenvalue weighted by Crippen LogP contribution is 2.47. The van der Waals surface area contributed by atoms with E-state index in [9.17, 15) is 14.6 Å². The Hall–Kier alpha value is -0.460. The number of nitrogens with one attached hydrogen (secondary N) is 1. The molecule has 1 heterocycles. The molecule has 0 spiro atoms. The van der Waals surface area contributed by atoms with E-state index in [1.54, 1.807) is 13.8 Å². The highest BCUT2D eigenvalue weighted by molar-refractivity contribution is 7.54. The van der Waals surface area contributed by atoms with Crippen molar-refractivity contribution in [2.75, 3.05) is 19.4 Å². The Balaban J connectivity index is 2.72. The van der Waals surface area contributed by atoms with Crippen LogP contribution in [0.1, 0.15) is 54.4 Å². The van der Waals surface area contributed by atoms with Gasteiger partial charge >= 0.3 is 7.60 Å². The molecule has 8 heteroatoms. The molecule has 0 aromatic carbocycles. The number of piperidine rings is 1. The van der Waals surface area contributed by atoms with Gasteiger partial charge in [0.1, 0.15) is 6.16 Å². The molecule has 0 unspecified atom stereocenters. The minimum atomic E-state index is -3.39. The van der Waals surface area contributed by atoms with E-state index in [0.29, 0.717) is 12.8 Å². The van der Waals surface area contributed by atoms with Crippen molar-refractivity contribution < 1.29 is 23.6 Å². The summed E-state index contributed by atoms with van der Waals surface area (Å²) in [4.78, 5) is 12.3. The number of hydrogen-bond acceptors (Lipinski definition) is 6. The molecule has 23 heavy (non-hydrogen) atoms. The maximum atomic E-state index is 12.4. The molecular weight excluding hydrogens is 319 g/mol. The molecule has 136 valence electrons. The first-order valence-corrected chi connectivity index (χ1v) is 9.85. The predicted octanol–water partition coefficient (Wildman–Crippen LogP) is 2.78. The van der Waals surface area contributed by atoms with Crippen molar-refractivity contribution in [2.24, 2.45) is 0 Å². The summed E-state index contributed by atoms with van der Waals surface area (Å²) in [5.74, 6) is -0.349. The lowest BCUT2D eigenvalue weighted by atomic mass is 9.79. The Bertz CT molecular complexity index is 439. The summed E-state index contributed by atoms with van der Waals surface area (Å²) < 4.78 is 22.7. The monoisotopic (exact) mass is 350 g/mol. The normalized spacial score (nSPS) is 22.0. The maximum absolute atomic E-state index is 12.4. The van der Waals surface area contributed by atoms with Gasteiger partial charge in [-0.25, -0.2) is 0 Å². The first-order chi connectivity index (χ1) is 10.5. The number of rotatable bonds is 7. The molecule has 1 aliphatic heterocycles. The first kappa shape index (κ1) is 20.6. The van der Waals surface area contributed by atoms with Gasteiger partial charge in [0, 0.05) is 17.1 Å². The van der Waals surface area contributed by atoms with Gasteiger partial charge in [0.2, 0.25) is 5.91 Å². The van der Waals surface area contributed by atoms with Crippen LogP contribution in [0.2, 0.25) is 0 Å². The van der Waals surface area contributed by atoms with Crippen LogP contribution in [-0.4, -0.2) is 52.7 Å². The third-order valence-electron chi connectivity index (χ3n) is 3.99. The lowest BCUT2D eigenvalue weighted by Gasteiger charge is -2.51. The van der Waals surface area contributed by atoms with E-state index >= 15 is 0 Å². The molecule has 1 saturated heterocycles. The highest BCUT2D eigenvalue weighted by Gasteiger charge is 2.45. The van der Waals surface area contributed by atoms with Crippen molar-refractivity contribution in [1.82, 2.24) is 10.4 Å². The van der Waals surface area contributed by atoms with Gasteiger partial charge in [-0.2, -0.15) is 5.06 Å². The topological polar surface area (TPSA) is 88.1 Å². The number of carbonyl (C=O) groups is 1. The predicted molar refractivity (Wildman–Crippen MR) is 88.7 cm³/mol. The van der Waals surface area contributed by atoms with E-state index in [4.69, 9.17) is 9.05 Å². The number of nitrogens with zero attached hydrogens (tertiary/aromatic N) is 1. The van der Waals surface area contributed by atoms with E-state index in [0.717, 1.165) is 0 Å². The fourth-order valence-electron chi connectivity index (χ4n) is 3.34. The molecular formula is C15H31N2O5P. The highest BCUT2D eigenvalue weighted by atomic mass is 31.2. The van der Waals surface area contributed by atoms with E-state index in [-0.39, 0.29) is 31.3 Å². The zero-order chi connectivity index (χ0) is 17.9. The SMILES string of the molecule is CCOP(=O)(CC(=O)NC1CC(C)(C)N(O)C(C)(C)C1)OCC. The van der Waals surface area contributed by atoms with Gasteiger partial charge in [0.15, 0.2) is 0 Å². The largest absolute Gasteiger partial charge is 0.353 e. The zero-order valence-electron chi connectivity index (χ0n) is 15.1. The van der Waals surface area contributed by atoms with Crippen molar-refractivity contribution in [2.45, 2.75) is 71.5 Å². The van der Waals surface area contributed by atoms with Gasteiger partial charge in [0.05, 0.1) is 13.2 Å². The Morgan fingerprint density at radius 3 is 2.00 bits per heavy atom. The van der Waals surface area contributed by atoms with Gasteiger partial charge in [-0.1, -0.05) is 0 Å². The van der Waals surface area contributed by atoms with Crippen LogP contribution in [0, 0.1) is 0 Å². The fourth-order valence-corrected chi connectivity index (χ4v) is 4.83. The van der Waals surface area contributed by atoms with Crippen molar-refractivity contribution in [3.05, 3.63) is 0 Å². The second kappa shape index (κ2) is 7.62. The molecule has 0 radical (unpaired) electrons. The van der Waals surface area contributed by atoms with Crippen LogP contribution in [-0.2, 0) is 18.4 Å². The standard InChI is InChI=1S/C15H31N2O5P/c1-7-21-23(20,22-8-2)11-13(18)16-12-9-14(3,4)17(19)15(5,6)10-12/h12,19H,7-11H2,1-6H3,(H,16,18). The van der Waals surface area contributed by atoms with Gasteiger partial charge < -0.3 is 19.6 Å². The second-order valence-electron chi connectivity index (χ2n) is 7.21. The molecule has 0 atom stereocenters. The number of carbonyl (C=O) groups excluding carboxylic acids is 1. The van der Waals surface area contributed by atoms with Crippen LogP contribution in [0.3, 0.4) is 0 Å². The lowest BCUT2D eigenvalue weighted by molar-refractivity contribution is -0.246. The summed E-state index contributed by atoms with van der Waals surface area (Å²) >= 11 is 0. The molecule has 2 N–H and O–H groups in total. The van der Waals surface area contributed by atoms with E-state index in [1.807, 2.05) is 27.7 Å². The van der Waals surface area contributed by atoms with Gasteiger partial charge in [-0.3, -0.25) is 9.36 Å². The molecule has 1 fully saturated rings. The molecule has 0 aromatic heterocycles. The number of amides is 1. The fraction of sp³-hybridized carbons (Fsp3) is 0.933. The Morgan fingerprint density at radius 1 is 1.17 bits per heavy atom. The Kier molecular flexibility index (Phi) is 6.82. The van der Waals surface area contributed by atoms with Crippen LogP contribution in [0.5, 0.6) is 0 Å². The minimum Gasteiger partial charge on any atom is -0.353 e. The maximum Gasteiger partial charge on any atom is 0.340 e. The molecule has 0 aliphatic carbocycles. The zero-order valence-corrected chi connectivity index (χ0v) is 16.0. The lowest BCUT2D eigenvalue weighted by Crippen LogP contribution is -2.63. The average molecular weight is 350 g/mol. The molecule has 0 saturated carbocycles. The number of hydroxylamine groups is 2. The minimum absolute atomic E-state index is 0.104. The van der Waals surface area contributed by atoms with Crippen LogP contribution in [0.4, 0.5) is 0 Å². The van der Waals surface area contributed by atoms with Crippen molar-refractivity contribution in [3.63, 3.8) is 0 Å². The second-order valence-corrected chi connectivity index (χ2v) is 9.27. The summed E-state index contributed by atoms with van der Waals surface area (Å²) in [7, 11) is -3.39. The van der Waals surface area contributed by atoms with Gasteiger partial charge in [-0.15, -0.1) is 0 Å². The van der Waals surface area contributed by atoms with Crippen LogP contribution < -0.4 is 5.32 Å². The summed E-state index contributed by atoms with van der Waals surface area (Å²) in [6.45, 7) is 11.6.